The molecule has 1 saturated heterocycles. The van der Waals surface area contributed by atoms with E-state index in [9.17, 15) is 28.3 Å². The molecule has 2 aromatic rings. The molecule has 0 bridgehead atoms. The number of aromatic nitrogens is 1. The second-order valence-corrected chi connectivity index (χ2v) is 8.19. The molecule has 1 aliphatic heterocycles. The number of nitrogens with zero attached hydrogens (tertiary/aromatic N) is 4. The van der Waals surface area contributed by atoms with Crippen molar-refractivity contribution >= 4 is 30.0 Å². The van der Waals surface area contributed by atoms with E-state index in [4.69, 9.17) is 0 Å². The predicted octanol–water partition coefficient (Wildman–Crippen LogP) is 3.45. The van der Waals surface area contributed by atoms with Crippen LogP contribution >= 0.6 is 12.6 Å². The van der Waals surface area contributed by atoms with E-state index in [1.165, 1.54) is 23.8 Å². The Morgan fingerprint density at radius 3 is 2.65 bits per heavy atom. The average molecular weight is 450 g/mol. The zero-order chi connectivity index (χ0) is 23.1. The van der Waals surface area contributed by atoms with Gasteiger partial charge in [-0.1, -0.05) is 12.1 Å². The van der Waals surface area contributed by atoms with Gasteiger partial charge in [-0.2, -0.15) is 18.4 Å². The summed E-state index contributed by atoms with van der Waals surface area (Å²) in [5.74, 6) is -0.973. The Kier molecular flexibility index (Phi) is 5.95. The summed E-state index contributed by atoms with van der Waals surface area (Å²) in [5.41, 5.74) is -0.397. The number of rotatable bonds is 3. The Hall–Kier alpha value is -2.77. The molecule has 1 N–H and O–H groups in total. The summed E-state index contributed by atoms with van der Waals surface area (Å²) < 4.78 is 40.7. The minimum Gasteiger partial charge on any atom is -0.389 e. The van der Waals surface area contributed by atoms with E-state index < -0.39 is 34.2 Å². The number of likely N-dealkylation sites (N-methyl/N-ethyl adjacent to an activating group) is 1. The lowest BCUT2D eigenvalue weighted by atomic mass is 10.1. The van der Waals surface area contributed by atoms with Crippen molar-refractivity contribution in [2.75, 3.05) is 23.4 Å². The van der Waals surface area contributed by atoms with Crippen molar-refractivity contribution in [3.8, 4) is 6.07 Å². The number of aliphatic hydroxyl groups excluding tert-OH is 1. The van der Waals surface area contributed by atoms with Gasteiger partial charge >= 0.3 is 6.18 Å². The fourth-order valence-electron chi connectivity index (χ4n) is 3.71. The summed E-state index contributed by atoms with van der Waals surface area (Å²) in [5, 5.41) is 20.2. The van der Waals surface area contributed by atoms with Gasteiger partial charge in [-0.15, -0.1) is 12.6 Å². The monoisotopic (exact) mass is 450 g/mol. The number of thiol groups is 1. The quantitative estimate of drug-likeness (QED) is 0.701. The number of carbonyl (C=O) groups excluding carboxylic acids is 1. The van der Waals surface area contributed by atoms with Crippen LogP contribution in [0, 0.1) is 25.2 Å². The first-order chi connectivity index (χ1) is 14.4. The number of hydrogen-bond donors (Lipinski definition) is 2. The molecule has 1 aromatic carbocycles. The van der Waals surface area contributed by atoms with Crippen molar-refractivity contribution in [1.29, 1.82) is 5.26 Å². The maximum absolute atomic E-state index is 13.6. The number of aryl methyl sites for hydroxylation is 2. The van der Waals surface area contributed by atoms with E-state index in [2.05, 4.69) is 17.6 Å². The lowest BCUT2D eigenvalue weighted by molar-refractivity contribution is -0.137. The Morgan fingerprint density at radius 1 is 1.39 bits per heavy atom. The molecular formula is C21H21F3N4O2S. The largest absolute Gasteiger partial charge is 0.417 e. The van der Waals surface area contributed by atoms with Crippen molar-refractivity contribution in [3.63, 3.8) is 0 Å². The van der Waals surface area contributed by atoms with Gasteiger partial charge in [0.25, 0.3) is 5.91 Å². The summed E-state index contributed by atoms with van der Waals surface area (Å²) in [6.45, 7) is 3.22. The summed E-state index contributed by atoms with van der Waals surface area (Å²) in [6.07, 6.45) is -6.01. The van der Waals surface area contributed by atoms with Crippen molar-refractivity contribution < 1.29 is 23.1 Å². The Balaban J connectivity index is 2.13. The molecule has 1 aromatic heterocycles. The molecule has 2 atom stereocenters. The van der Waals surface area contributed by atoms with E-state index in [-0.39, 0.29) is 24.5 Å². The van der Waals surface area contributed by atoms with Crippen LogP contribution in [0.5, 0.6) is 0 Å². The van der Waals surface area contributed by atoms with Crippen molar-refractivity contribution in [2.45, 2.75) is 37.4 Å². The van der Waals surface area contributed by atoms with Crippen LogP contribution in [0.1, 0.15) is 28.8 Å². The topological polar surface area (TPSA) is 80.5 Å². The molecule has 164 valence electrons. The van der Waals surface area contributed by atoms with Crippen LogP contribution in [0.4, 0.5) is 24.7 Å². The molecule has 0 unspecified atom stereocenters. The predicted molar refractivity (Wildman–Crippen MR) is 113 cm³/mol. The Morgan fingerprint density at radius 2 is 2.06 bits per heavy atom. The van der Waals surface area contributed by atoms with Gasteiger partial charge in [-0.25, -0.2) is 4.98 Å². The third kappa shape index (κ3) is 3.95. The number of anilines is 2. The van der Waals surface area contributed by atoms with Gasteiger partial charge in [0.15, 0.2) is 4.87 Å². The SMILES string of the molecule is Cc1cccc(N(C)C(=O)[C@]2(S)[C@@H](O)CCN2c2nc(C)cc(C(F)(F)F)c2C#N)c1. The number of halogens is 3. The third-order valence-corrected chi connectivity index (χ3v) is 6.04. The Labute approximate surface area is 183 Å². The standard InChI is InChI=1S/C21H21F3N4O2S/c1-12-5-4-6-14(9-12)27(3)19(30)20(31)17(29)7-8-28(20)18-15(11-25)16(21(22,23)24)10-13(2)26-18/h4-6,9-10,17,29,31H,7-8H2,1-3H3/t17-,20+/m0/s1. The average Bonchev–Trinajstić information content (AvgIpc) is 3.01. The zero-order valence-electron chi connectivity index (χ0n) is 17.1. The number of amides is 1. The van der Waals surface area contributed by atoms with Crippen LogP contribution in [0.2, 0.25) is 0 Å². The number of pyridine rings is 1. The zero-order valence-corrected chi connectivity index (χ0v) is 18.0. The molecule has 1 amide bonds. The second-order valence-electron chi connectivity index (χ2n) is 7.50. The van der Waals surface area contributed by atoms with Crippen LogP contribution in [0.3, 0.4) is 0 Å². The fraction of sp³-hybridized carbons (Fsp3) is 0.381. The van der Waals surface area contributed by atoms with Crippen molar-refractivity contribution in [2.24, 2.45) is 0 Å². The first kappa shape index (κ1) is 22.9. The molecule has 0 saturated carbocycles. The highest BCUT2D eigenvalue weighted by Gasteiger charge is 2.54. The molecule has 31 heavy (non-hydrogen) atoms. The highest BCUT2D eigenvalue weighted by molar-refractivity contribution is 7.83. The summed E-state index contributed by atoms with van der Waals surface area (Å²) in [4.78, 5) is 18.2. The number of benzene rings is 1. The van der Waals surface area contributed by atoms with Gasteiger partial charge in [-0.3, -0.25) is 4.79 Å². The van der Waals surface area contributed by atoms with Crippen LogP contribution in [-0.4, -0.2) is 40.6 Å². The van der Waals surface area contributed by atoms with Crippen LogP contribution in [0.25, 0.3) is 0 Å². The molecule has 1 fully saturated rings. The smallest absolute Gasteiger partial charge is 0.389 e. The lowest BCUT2D eigenvalue weighted by Gasteiger charge is -2.39. The summed E-state index contributed by atoms with van der Waals surface area (Å²) in [6, 6.07) is 9.42. The first-order valence-corrected chi connectivity index (χ1v) is 9.87. The van der Waals surface area contributed by atoms with E-state index in [1.807, 2.05) is 13.0 Å². The highest BCUT2D eigenvalue weighted by Crippen LogP contribution is 2.43. The van der Waals surface area contributed by atoms with E-state index in [0.717, 1.165) is 11.6 Å². The fourth-order valence-corrected chi connectivity index (χ4v) is 4.19. The molecule has 0 spiro atoms. The summed E-state index contributed by atoms with van der Waals surface area (Å²) >= 11 is 4.47. The molecule has 0 radical (unpaired) electrons. The third-order valence-electron chi connectivity index (χ3n) is 5.31. The van der Waals surface area contributed by atoms with E-state index in [1.54, 1.807) is 24.3 Å². The van der Waals surface area contributed by atoms with E-state index >= 15 is 0 Å². The molecule has 3 rings (SSSR count). The van der Waals surface area contributed by atoms with Gasteiger partial charge < -0.3 is 14.9 Å². The number of alkyl halides is 3. The number of hydrogen-bond acceptors (Lipinski definition) is 6. The van der Waals surface area contributed by atoms with Crippen LogP contribution in [0.15, 0.2) is 30.3 Å². The van der Waals surface area contributed by atoms with Crippen molar-refractivity contribution in [3.05, 3.63) is 52.7 Å². The lowest BCUT2D eigenvalue weighted by Crippen LogP contribution is -2.58. The number of nitriles is 1. The highest BCUT2D eigenvalue weighted by atomic mass is 32.1. The first-order valence-electron chi connectivity index (χ1n) is 9.43. The van der Waals surface area contributed by atoms with Gasteiger partial charge in [0.2, 0.25) is 0 Å². The maximum Gasteiger partial charge on any atom is 0.417 e. The minimum atomic E-state index is -4.78. The summed E-state index contributed by atoms with van der Waals surface area (Å²) in [7, 11) is 1.49. The Bertz CT molecular complexity index is 1070. The van der Waals surface area contributed by atoms with Gasteiger partial charge in [-0.05, 0) is 44.0 Å². The molecule has 10 heteroatoms. The van der Waals surface area contributed by atoms with Gasteiger partial charge in [0.1, 0.15) is 17.5 Å². The molecule has 0 aliphatic carbocycles. The van der Waals surface area contributed by atoms with Crippen LogP contribution in [-0.2, 0) is 11.0 Å². The molecule has 6 nitrogen and oxygen atoms in total. The van der Waals surface area contributed by atoms with E-state index in [0.29, 0.717) is 5.69 Å². The van der Waals surface area contributed by atoms with Gasteiger partial charge in [0.05, 0.1) is 11.7 Å². The molecule has 2 heterocycles. The minimum absolute atomic E-state index is 0.000491. The molecular weight excluding hydrogens is 429 g/mol. The van der Waals surface area contributed by atoms with Crippen molar-refractivity contribution in [1.82, 2.24) is 4.98 Å². The maximum atomic E-state index is 13.6. The number of carbonyl (C=O) groups is 1. The van der Waals surface area contributed by atoms with Crippen LogP contribution < -0.4 is 9.80 Å². The normalized spacial score (nSPS) is 21.1. The van der Waals surface area contributed by atoms with Gasteiger partial charge in [0, 0.05) is 25.0 Å². The number of aliphatic hydroxyl groups is 1. The molecule has 1 aliphatic rings. The second kappa shape index (κ2) is 8.05.